The van der Waals surface area contributed by atoms with Crippen molar-refractivity contribution in [3.8, 4) is 11.5 Å². The molecule has 0 aliphatic rings. The first-order valence-electron chi connectivity index (χ1n) is 8.84. The van der Waals surface area contributed by atoms with Gasteiger partial charge >= 0.3 is 6.18 Å². The molecule has 2 N–H and O–H groups in total. The second-order valence-electron chi connectivity index (χ2n) is 6.07. The predicted molar refractivity (Wildman–Crippen MR) is 102 cm³/mol. The number of rotatable bonds is 8. The zero-order valence-corrected chi connectivity index (χ0v) is 15.9. The molecule has 6 nitrogen and oxygen atoms in total. The van der Waals surface area contributed by atoms with Crippen molar-refractivity contribution >= 4 is 23.2 Å². The highest BCUT2D eigenvalue weighted by atomic mass is 19.4. The van der Waals surface area contributed by atoms with E-state index in [0.29, 0.717) is 18.1 Å². The molecule has 0 aliphatic heterocycles. The zero-order valence-electron chi connectivity index (χ0n) is 15.9. The van der Waals surface area contributed by atoms with Gasteiger partial charge in [0.05, 0.1) is 17.9 Å². The highest BCUT2D eigenvalue weighted by Gasteiger charge is 2.34. The number of benzene rings is 2. The van der Waals surface area contributed by atoms with Gasteiger partial charge in [0.1, 0.15) is 0 Å². The van der Waals surface area contributed by atoms with Gasteiger partial charge in [0.25, 0.3) is 5.91 Å². The van der Waals surface area contributed by atoms with Crippen LogP contribution in [0.4, 0.5) is 24.5 Å². The second-order valence-corrected chi connectivity index (χ2v) is 6.07. The van der Waals surface area contributed by atoms with Crippen molar-refractivity contribution in [1.82, 2.24) is 0 Å². The number of amides is 2. The van der Waals surface area contributed by atoms with Crippen LogP contribution in [0.3, 0.4) is 0 Å². The monoisotopic (exact) mass is 410 g/mol. The Morgan fingerprint density at radius 3 is 2.24 bits per heavy atom. The van der Waals surface area contributed by atoms with Crippen LogP contribution in [0.15, 0.2) is 42.5 Å². The normalized spacial score (nSPS) is 10.9. The Kier molecular flexibility index (Phi) is 7.46. The molecule has 0 aliphatic carbocycles. The zero-order chi connectivity index (χ0) is 21.4. The van der Waals surface area contributed by atoms with E-state index in [2.05, 4.69) is 10.6 Å². The van der Waals surface area contributed by atoms with Gasteiger partial charge in [0.15, 0.2) is 18.1 Å². The summed E-state index contributed by atoms with van der Waals surface area (Å²) in [6.45, 7) is 3.08. The lowest BCUT2D eigenvalue weighted by Crippen LogP contribution is -2.22. The summed E-state index contributed by atoms with van der Waals surface area (Å²) >= 11 is 0. The standard InChI is InChI=1S/C20H21F3N2O4/c1-3-10-28-17-6-4-5-7-18(17)29-12-19(27)25-16-9-8-14(24-13(2)26)11-15(16)20(21,22)23/h4-9,11H,3,10,12H2,1-2H3,(H,24,26)(H,25,27). The third-order valence-electron chi connectivity index (χ3n) is 3.59. The molecule has 0 bridgehead atoms. The van der Waals surface area contributed by atoms with Crippen LogP contribution in [0, 0.1) is 0 Å². The summed E-state index contributed by atoms with van der Waals surface area (Å²) in [6, 6.07) is 9.79. The molecule has 2 rings (SSSR count). The molecule has 0 spiro atoms. The number of hydrogen-bond acceptors (Lipinski definition) is 4. The quantitative estimate of drug-likeness (QED) is 0.673. The lowest BCUT2D eigenvalue weighted by molar-refractivity contribution is -0.137. The molecule has 0 unspecified atom stereocenters. The van der Waals surface area contributed by atoms with E-state index in [4.69, 9.17) is 9.47 Å². The summed E-state index contributed by atoms with van der Waals surface area (Å²) in [5.41, 5.74) is -1.54. The first kappa shape index (κ1) is 22.1. The molecule has 9 heteroatoms. The van der Waals surface area contributed by atoms with Crippen LogP contribution in [0.1, 0.15) is 25.8 Å². The molecular weight excluding hydrogens is 389 g/mol. The van der Waals surface area contributed by atoms with Crippen molar-refractivity contribution in [3.05, 3.63) is 48.0 Å². The van der Waals surface area contributed by atoms with Crippen molar-refractivity contribution in [2.75, 3.05) is 23.8 Å². The maximum absolute atomic E-state index is 13.3. The molecule has 29 heavy (non-hydrogen) atoms. The van der Waals surface area contributed by atoms with Gasteiger partial charge in [-0.1, -0.05) is 19.1 Å². The molecule has 0 fully saturated rings. The smallest absolute Gasteiger partial charge is 0.418 e. The molecule has 0 aromatic heterocycles. The molecule has 0 radical (unpaired) electrons. The van der Waals surface area contributed by atoms with Crippen LogP contribution in [-0.4, -0.2) is 25.0 Å². The van der Waals surface area contributed by atoms with E-state index < -0.39 is 35.8 Å². The highest BCUT2D eigenvalue weighted by Crippen LogP contribution is 2.36. The van der Waals surface area contributed by atoms with Crippen LogP contribution < -0.4 is 20.1 Å². The van der Waals surface area contributed by atoms with Gasteiger partial charge in [-0.3, -0.25) is 9.59 Å². The van der Waals surface area contributed by atoms with Gasteiger partial charge in [0, 0.05) is 12.6 Å². The lowest BCUT2D eigenvalue weighted by atomic mass is 10.1. The van der Waals surface area contributed by atoms with Gasteiger partial charge in [-0.05, 0) is 36.8 Å². The van der Waals surface area contributed by atoms with Gasteiger partial charge in [-0.2, -0.15) is 13.2 Å². The van der Waals surface area contributed by atoms with Crippen LogP contribution in [-0.2, 0) is 15.8 Å². The summed E-state index contributed by atoms with van der Waals surface area (Å²) < 4.78 is 50.9. The number of carbonyl (C=O) groups excluding carboxylic acids is 2. The topological polar surface area (TPSA) is 76.7 Å². The van der Waals surface area contributed by atoms with E-state index in [-0.39, 0.29) is 5.69 Å². The van der Waals surface area contributed by atoms with Crippen molar-refractivity contribution < 1.29 is 32.2 Å². The molecule has 0 saturated heterocycles. The molecule has 0 atom stereocenters. The van der Waals surface area contributed by atoms with Crippen LogP contribution in [0.2, 0.25) is 0 Å². The molecule has 2 amide bonds. The number of halogens is 3. The van der Waals surface area contributed by atoms with Gasteiger partial charge in [-0.25, -0.2) is 0 Å². The van der Waals surface area contributed by atoms with E-state index in [9.17, 15) is 22.8 Å². The molecular formula is C20H21F3N2O4. The van der Waals surface area contributed by atoms with Crippen LogP contribution in [0.25, 0.3) is 0 Å². The molecule has 2 aromatic rings. The van der Waals surface area contributed by atoms with Crippen molar-refractivity contribution in [1.29, 1.82) is 0 Å². The molecule has 0 saturated carbocycles. The lowest BCUT2D eigenvalue weighted by Gasteiger charge is -2.16. The number of ether oxygens (including phenoxy) is 2. The van der Waals surface area contributed by atoms with E-state index in [0.717, 1.165) is 18.6 Å². The van der Waals surface area contributed by atoms with Gasteiger partial charge in [-0.15, -0.1) is 0 Å². The first-order chi connectivity index (χ1) is 13.7. The second kappa shape index (κ2) is 9.81. The van der Waals surface area contributed by atoms with Crippen LogP contribution >= 0.6 is 0 Å². The third-order valence-corrected chi connectivity index (χ3v) is 3.59. The highest BCUT2D eigenvalue weighted by molar-refractivity contribution is 5.94. The van der Waals surface area contributed by atoms with E-state index >= 15 is 0 Å². The average molecular weight is 410 g/mol. The van der Waals surface area contributed by atoms with E-state index in [1.807, 2.05) is 6.92 Å². The molecule has 2 aromatic carbocycles. The van der Waals surface area contributed by atoms with E-state index in [1.54, 1.807) is 24.3 Å². The number of nitrogens with one attached hydrogen (secondary N) is 2. The fourth-order valence-electron chi connectivity index (χ4n) is 2.40. The largest absolute Gasteiger partial charge is 0.490 e. The Bertz CT molecular complexity index is 869. The number of anilines is 2. The summed E-state index contributed by atoms with van der Waals surface area (Å²) in [5, 5.41) is 4.47. The number of para-hydroxylation sites is 2. The van der Waals surface area contributed by atoms with Crippen molar-refractivity contribution in [2.45, 2.75) is 26.4 Å². The van der Waals surface area contributed by atoms with Gasteiger partial charge in [0.2, 0.25) is 5.91 Å². The minimum atomic E-state index is -4.72. The summed E-state index contributed by atoms with van der Waals surface area (Å²) in [4.78, 5) is 23.2. The Labute approximate surface area is 166 Å². The predicted octanol–water partition coefficient (Wildman–Crippen LogP) is 4.47. The van der Waals surface area contributed by atoms with E-state index in [1.165, 1.54) is 13.0 Å². The first-order valence-corrected chi connectivity index (χ1v) is 8.84. The van der Waals surface area contributed by atoms with Gasteiger partial charge < -0.3 is 20.1 Å². The third kappa shape index (κ3) is 6.70. The summed E-state index contributed by atoms with van der Waals surface area (Å²) in [7, 11) is 0. The number of hydrogen-bond donors (Lipinski definition) is 2. The SMILES string of the molecule is CCCOc1ccccc1OCC(=O)Nc1ccc(NC(C)=O)cc1C(F)(F)F. The molecule has 156 valence electrons. The fourth-order valence-corrected chi connectivity index (χ4v) is 2.40. The minimum Gasteiger partial charge on any atom is -0.490 e. The minimum absolute atomic E-state index is 0.0268. The maximum atomic E-state index is 13.3. The summed E-state index contributed by atoms with van der Waals surface area (Å²) in [6.07, 6.45) is -3.94. The Morgan fingerprint density at radius 2 is 1.66 bits per heavy atom. The molecule has 0 heterocycles. The number of carbonyl (C=O) groups is 2. The van der Waals surface area contributed by atoms with Crippen molar-refractivity contribution in [3.63, 3.8) is 0 Å². The fraction of sp³-hybridized carbons (Fsp3) is 0.300. The average Bonchev–Trinajstić information content (AvgIpc) is 2.65. The Hall–Kier alpha value is -3.23. The maximum Gasteiger partial charge on any atom is 0.418 e. The summed E-state index contributed by atoms with van der Waals surface area (Å²) in [5.74, 6) is -0.522. The van der Waals surface area contributed by atoms with Crippen LogP contribution in [0.5, 0.6) is 11.5 Å². The Balaban J connectivity index is 2.10. The number of alkyl halides is 3. The van der Waals surface area contributed by atoms with Crippen molar-refractivity contribution in [2.24, 2.45) is 0 Å². The Morgan fingerprint density at radius 1 is 1.00 bits per heavy atom.